The van der Waals surface area contributed by atoms with E-state index in [0.29, 0.717) is 16.2 Å². The second-order valence-electron chi connectivity index (χ2n) is 5.48. The van der Waals surface area contributed by atoms with Crippen molar-refractivity contribution in [3.05, 3.63) is 82.9 Å². The van der Waals surface area contributed by atoms with Gasteiger partial charge in [0.15, 0.2) is 11.6 Å². The molecule has 1 N–H and O–H groups in total. The number of benzene rings is 2. The molecule has 5 nitrogen and oxygen atoms in total. The Morgan fingerprint density at radius 1 is 0.963 bits per heavy atom. The van der Waals surface area contributed by atoms with Gasteiger partial charge in [0.1, 0.15) is 6.54 Å². The summed E-state index contributed by atoms with van der Waals surface area (Å²) in [6, 6.07) is 17.7. The molecule has 0 saturated heterocycles. The van der Waals surface area contributed by atoms with E-state index in [4.69, 9.17) is 4.74 Å². The van der Waals surface area contributed by atoms with Crippen LogP contribution in [0.5, 0.6) is 0 Å². The van der Waals surface area contributed by atoms with Crippen molar-refractivity contribution < 1.29 is 19.1 Å². The quantitative estimate of drug-likeness (QED) is 0.385. The topological polar surface area (TPSA) is 72.5 Å². The molecule has 0 aliphatic heterocycles. The third-order valence-electron chi connectivity index (χ3n) is 3.49. The second kappa shape index (κ2) is 11.0. The maximum absolute atomic E-state index is 12.4. The number of esters is 1. The number of hydrogen-bond acceptors (Lipinski definition) is 6. The summed E-state index contributed by atoms with van der Waals surface area (Å²) < 4.78 is 4.89. The van der Waals surface area contributed by atoms with Crippen LogP contribution in [0.25, 0.3) is 0 Å². The molecule has 0 saturated carbocycles. The standard InChI is InChI=1S/C21H21NO4S/c1-2-26-21(25)14-22-20(13-18(23)16-9-5-3-6-10-16)27-15-19(24)17-11-7-4-8-12-17/h3-13,22H,2,14-15H2,1H3/b20-13-. The number of hydrogen-bond donors (Lipinski definition) is 1. The summed E-state index contributed by atoms with van der Waals surface area (Å²) in [5, 5.41) is 3.33. The molecule has 0 unspecified atom stereocenters. The van der Waals surface area contributed by atoms with E-state index >= 15 is 0 Å². The molecule has 2 aromatic carbocycles. The molecule has 2 aromatic rings. The molecule has 27 heavy (non-hydrogen) atoms. The monoisotopic (exact) mass is 383 g/mol. The van der Waals surface area contributed by atoms with Gasteiger partial charge in [-0.2, -0.15) is 0 Å². The van der Waals surface area contributed by atoms with Crippen LogP contribution in [-0.2, 0) is 9.53 Å². The van der Waals surface area contributed by atoms with E-state index in [0.717, 1.165) is 0 Å². The molecule has 0 fully saturated rings. The first-order valence-electron chi connectivity index (χ1n) is 8.51. The normalized spacial score (nSPS) is 10.9. The summed E-state index contributed by atoms with van der Waals surface area (Å²) in [7, 11) is 0. The minimum absolute atomic E-state index is 0.0587. The zero-order chi connectivity index (χ0) is 19.5. The fourth-order valence-electron chi connectivity index (χ4n) is 2.17. The highest BCUT2D eigenvalue weighted by atomic mass is 32.2. The number of allylic oxidation sites excluding steroid dienone is 1. The van der Waals surface area contributed by atoms with Crippen molar-refractivity contribution in [3.63, 3.8) is 0 Å². The summed E-state index contributed by atoms with van der Waals surface area (Å²) in [5.74, 6) is -0.544. The van der Waals surface area contributed by atoms with E-state index in [-0.39, 0.29) is 30.5 Å². The molecular formula is C21H21NO4S. The number of carbonyl (C=O) groups excluding carboxylic acids is 3. The van der Waals surface area contributed by atoms with Crippen molar-refractivity contribution in [1.29, 1.82) is 0 Å². The van der Waals surface area contributed by atoms with Crippen molar-refractivity contribution in [2.45, 2.75) is 6.92 Å². The summed E-state index contributed by atoms with van der Waals surface area (Å²) in [4.78, 5) is 36.3. The number of Topliss-reactive ketones (excluding diaryl/α,β-unsaturated/α-hetero) is 1. The van der Waals surface area contributed by atoms with E-state index in [1.165, 1.54) is 17.8 Å². The average Bonchev–Trinajstić information content (AvgIpc) is 2.71. The Labute approximate surface area is 162 Å². The summed E-state index contributed by atoms with van der Waals surface area (Å²) in [6.45, 7) is 1.93. The molecule has 2 rings (SSSR count). The third kappa shape index (κ3) is 7.11. The fraction of sp³-hybridized carbons (Fsp3) is 0.190. The first-order chi connectivity index (χ1) is 13.1. The van der Waals surface area contributed by atoms with Crippen LogP contribution >= 0.6 is 11.8 Å². The summed E-state index contributed by atoms with van der Waals surface area (Å²) >= 11 is 1.18. The maximum Gasteiger partial charge on any atom is 0.325 e. The van der Waals surface area contributed by atoms with Crippen LogP contribution in [0.15, 0.2) is 71.8 Å². The molecule has 140 valence electrons. The van der Waals surface area contributed by atoms with Gasteiger partial charge < -0.3 is 10.1 Å². The molecule has 0 aromatic heterocycles. The average molecular weight is 383 g/mol. The number of rotatable bonds is 10. The van der Waals surface area contributed by atoms with Crippen molar-refractivity contribution in [2.24, 2.45) is 0 Å². The Bertz CT molecular complexity index is 803. The zero-order valence-corrected chi connectivity index (χ0v) is 15.8. The lowest BCUT2D eigenvalue weighted by atomic mass is 10.1. The summed E-state index contributed by atoms with van der Waals surface area (Å²) in [5.41, 5.74) is 1.13. The highest BCUT2D eigenvalue weighted by molar-refractivity contribution is 8.03. The molecule has 0 aliphatic carbocycles. The van der Waals surface area contributed by atoms with E-state index in [2.05, 4.69) is 5.32 Å². The van der Waals surface area contributed by atoms with Gasteiger partial charge in [0.25, 0.3) is 0 Å². The molecule has 0 atom stereocenters. The van der Waals surface area contributed by atoms with Gasteiger partial charge in [0, 0.05) is 17.2 Å². The Morgan fingerprint density at radius 3 is 2.15 bits per heavy atom. The molecule has 0 heterocycles. The Hall–Kier alpha value is -2.86. The number of thioether (sulfide) groups is 1. The van der Waals surface area contributed by atoms with Crippen LogP contribution in [0, 0.1) is 0 Å². The SMILES string of the molecule is CCOC(=O)CN/C(=C/C(=O)c1ccccc1)SCC(=O)c1ccccc1. The number of nitrogens with one attached hydrogen (secondary N) is 1. The second-order valence-corrected chi connectivity index (χ2v) is 6.49. The lowest BCUT2D eigenvalue weighted by Gasteiger charge is -2.10. The van der Waals surface area contributed by atoms with Crippen LogP contribution in [0.3, 0.4) is 0 Å². The van der Waals surface area contributed by atoms with Crippen molar-refractivity contribution >= 4 is 29.3 Å². The Balaban J connectivity index is 2.06. The first-order valence-corrected chi connectivity index (χ1v) is 9.50. The Kier molecular flexibility index (Phi) is 8.32. The number of ketones is 2. The molecule has 6 heteroatoms. The minimum atomic E-state index is -0.425. The summed E-state index contributed by atoms with van der Waals surface area (Å²) in [6.07, 6.45) is 1.40. The lowest BCUT2D eigenvalue weighted by molar-refractivity contribution is -0.141. The van der Waals surface area contributed by atoms with Crippen LogP contribution in [0.1, 0.15) is 27.6 Å². The smallest absolute Gasteiger partial charge is 0.325 e. The van der Waals surface area contributed by atoms with Gasteiger partial charge in [0.2, 0.25) is 0 Å². The largest absolute Gasteiger partial charge is 0.465 e. The molecule has 0 amide bonds. The molecular weight excluding hydrogens is 362 g/mol. The highest BCUT2D eigenvalue weighted by Gasteiger charge is 2.11. The Morgan fingerprint density at radius 2 is 1.56 bits per heavy atom. The first kappa shape index (κ1) is 20.5. The highest BCUT2D eigenvalue weighted by Crippen LogP contribution is 2.16. The van der Waals surface area contributed by atoms with Gasteiger partial charge in [-0.25, -0.2) is 0 Å². The fourth-order valence-corrected chi connectivity index (χ4v) is 2.99. The van der Waals surface area contributed by atoms with Gasteiger partial charge in [-0.15, -0.1) is 11.8 Å². The van der Waals surface area contributed by atoms with Gasteiger partial charge >= 0.3 is 5.97 Å². The van der Waals surface area contributed by atoms with Crippen LogP contribution in [0.4, 0.5) is 0 Å². The third-order valence-corrected chi connectivity index (χ3v) is 4.47. The number of ether oxygens (including phenoxy) is 1. The molecule has 0 radical (unpaired) electrons. The van der Waals surface area contributed by atoms with E-state index in [1.807, 2.05) is 12.1 Å². The van der Waals surface area contributed by atoms with E-state index in [9.17, 15) is 14.4 Å². The van der Waals surface area contributed by atoms with E-state index in [1.54, 1.807) is 55.5 Å². The van der Waals surface area contributed by atoms with Crippen LogP contribution in [-0.4, -0.2) is 36.4 Å². The zero-order valence-electron chi connectivity index (χ0n) is 15.0. The minimum Gasteiger partial charge on any atom is -0.465 e. The van der Waals surface area contributed by atoms with Gasteiger partial charge in [-0.3, -0.25) is 14.4 Å². The van der Waals surface area contributed by atoms with Gasteiger partial charge in [-0.1, -0.05) is 60.7 Å². The molecule has 0 spiro atoms. The predicted molar refractivity (Wildman–Crippen MR) is 107 cm³/mol. The van der Waals surface area contributed by atoms with Crippen molar-refractivity contribution in [3.8, 4) is 0 Å². The van der Waals surface area contributed by atoms with Crippen LogP contribution in [0.2, 0.25) is 0 Å². The van der Waals surface area contributed by atoms with Gasteiger partial charge in [-0.05, 0) is 6.92 Å². The van der Waals surface area contributed by atoms with Crippen LogP contribution < -0.4 is 5.32 Å². The number of carbonyl (C=O) groups is 3. The predicted octanol–water partition coefficient (Wildman–Crippen LogP) is 3.48. The van der Waals surface area contributed by atoms with Gasteiger partial charge in [0.05, 0.1) is 17.4 Å². The van der Waals surface area contributed by atoms with Crippen molar-refractivity contribution in [2.75, 3.05) is 18.9 Å². The maximum atomic E-state index is 12.4. The van der Waals surface area contributed by atoms with Crippen molar-refractivity contribution in [1.82, 2.24) is 5.32 Å². The molecule has 0 aliphatic rings. The molecule has 0 bridgehead atoms. The van der Waals surface area contributed by atoms with E-state index < -0.39 is 5.97 Å². The lowest BCUT2D eigenvalue weighted by Crippen LogP contribution is -2.24.